The molecule has 5 rings (SSSR count). The maximum Gasteiger partial charge on any atom is 0.315 e. The van der Waals surface area contributed by atoms with E-state index in [4.69, 9.17) is 18.9 Å². The van der Waals surface area contributed by atoms with E-state index in [1.165, 1.54) is 0 Å². The van der Waals surface area contributed by atoms with Gasteiger partial charge in [-0.05, 0) is 55.3 Å². The summed E-state index contributed by atoms with van der Waals surface area (Å²) in [5.41, 5.74) is 2.39. The number of carbonyl (C=O) groups excluding carboxylic acids is 3. The van der Waals surface area contributed by atoms with Crippen LogP contribution in [0.2, 0.25) is 0 Å². The molecule has 1 aromatic heterocycles. The van der Waals surface area contributed by atoms with E-state index in [0.29, 0.717) is 66.8 Å². The standard InChI is InChI=1S/C32H37N5O7/c1-21-27(7-4-9-33-21)31(39)37-12-8-28-29(19-37)43-20-22-5-3-6-24(15-22)44-26-17-23(16-25(18-26)42-14-13-41-2)30(38)34-10-11-35-32(40)36-28/h3-7,9,15-18,28-29H,8,10-14,19-20H2,1-2H3,(H,34,38)(H2,35,36,40)/t28-,29-/m0/s1. The second-order valence-corrected chi connectivity index (χ2v) is 10.6. The van der Waals surface area contributed by atoms with Crippen LogP contribution in [-0.4, -0.2) is 86.4 Å². The summed E-state index contributed by atoms with van der Waals surface area (Å²) in [6.45, 7) is 3.88. The molecule has 2 atom stereocenters. The van der Waals surface area contributed by atoms with Crippen LogP contribution in [0, 0.1) is 6.92 Å². The van der Waals surface area contributed by atoms with Gasteiger partial charge in [-0.3, -0.25) is 14.6 Å². The average Bonchev–Trinajstić information content (AvgIpc) is 3.02. The normalized spacial score (nSPS) is 19.2. The zero-order chi connectivity index (χ0) is 30.9. The average molecular weight is 604 g/mol. The number of hydrogen-bond donors (Lipinski definition) is 3. The molecule has 44 heavy (non-hydrogen) atoms. The Morgan fingerprint density at radius 2 is 1.91 bits per heavy atom. The topological polar surface area (TPSA) is 140 Å². The number of aryl methyl sites for hydroxylation is 1. The summed E-state index contributed by atoms with van der Waals surface area (Å²) in [6, 6.07) is 15.2. The predicted octanol–water partition coefficient (Wildman–Crippen LogP) is 3.05. The van der Waals surface area contributed by atoms with E-state index in [1.54, 1.807) is 48.5 Å². The molecule has 12 heteroatoms. The van der Waals surface area contributed by atoms with Crippen LogP contribution in [0.3, 0.4) is 0 Å². The van der Waals surface area contributed by atoms with E-state index in [0.717, 1.165) is 5.56 Å². The number of piperidine rings is 1. The number of aromatic nitrogens is 1. The number of rotatable bonds is 5. The molecule has 0 unspecified atom stereocenters. The summed E-state index contributed by atoms with van der Waals surface area (Å²) in [5, 5.41) is 8.61. The van der Waals surface area contributed by atoms with Gasteiger partial charge in [0.1, 0.15) is 23.9 Å². The number of hydrogen-bond acceptors (Lipinski definition) is 8. The van der Waals surface area contributed by atoms with Crippen LogP contribution in [0.5, 0.6) is 17.2 Å². The molecule has 1 saturated heterocycles. The first-order chi connectivity index (χ1) is 21.4. The second kappa shape index (κ2) is 14.7. The van der Waals surface area contributed by atoms with Gasteiger partial charge in [-0.25, -0.2) is 4.79 Å². The summed E-state index contributed by atoms with van der Waals surface area (Å²) in [7, 11) is 1.58. The van der Waals surface area contributed by atoms with Crippen molar-refractivity contribution in [1.29, 1.82) is 0 Å². The van der Waals surface area contributed by atoms with Crippen molar-refractivity contribution in [3.8, 4) is 17.2 Å². The molecule has 2 aliphatic rings. The largest absolute Gasteiger partial charge is 0.491 e. The van der Waals surface area contributed by atoms with Gasteiger partial charge >= 0.3 is 6.03 Å². The van der Waals surface area contributed by atoms with Crippen molar-refractivity contribution in [3.63, 3.8) is 0 Å². The van der Waals surface area contributed by atoms with Crippen molar-refractivity contribution < 1.29 is 33.3 Å². The van der Waals surface area contributed by atoms with Gasteiger partial charge in [0.05, 0.1) is 30.9 Å². The van der Waals surface area contributed by atoms with Crippen LogP contribution >= 0.6 is 0 Å². The quantitative estimate of drug-likeness (QED) is 0.378. The van der Waals surface area contributed by atoms with E-state index in [-0.39, 0.29) is 43.6 Å². The zero-order valence-corrected chi connectivity index (χ0v) is 24.8. The number of pyridine rings is 1. The molecule has 4 amide bonds. The van der Waals surface area contributed by atoms with E-state index in [2.05, 4.69) is 20.9 Å². The number of methoxy groups -OCH3 is 1. The van der Waals surface area contributed by atoms with Gasteiger partial charge in [-0.1, -0.05) is 12.1 Å². The fourth-order valence-corrected chi connectivity index (χ4v) is 5.12. The lowest BCUT2D eigenvalue weighted by Crippen LogP contribution is -2.58. The molecule has 0 spiro atoms. The maximum atomic E-state index is 13.4. The number of likely N-dealkylation sites (tertiary alicyclic amines) is 1. The fraction of sp³-hybridized carbons (Fsp3) is 0.375. The Morgan fingerprint density at radius 3 is 2.75 bits per heavy atom. The van der Waals surface area contributed by atoms with Crippen molar-refractivity contribution >= 4 is 17.8 Å². The Balaban J connectivity index is 1.37. The number of urea groups is 1. The first-order valence-electron chi connectivity index (χ1n) is 14.6. The number of nitrogens with zero attached hydrogens (tertiary/aromatic N) is 2. The Kier molecular flexibility index (Phi) is 10.3. The van der Waals surface area contributed by atoms with Crippen LogP contribution in [0.4, 0.5) is 4.79 Å². The number of benzene rings is 2. The number of fused-ring (bicyclic) bond motifs is 5. The molecule has 0 saturated carbocycles. The minimum absolute atomic E-state index is 0.125. The number of carbonyl (C=O) groups is 3. The SMILES string of the molecule is COCCOc1cc2cc(c1)C(=O)NCCNC(=O)N[C@H]1CCN(C(=O)c3cccnc3C)C[C@@H]1OCc1cccc(c1)O2. The third-order valence-electron chi connectivity index (χ3n) is 7.39. The van der Waals surface area contributed by atoms with Crippen molar-refractivity contribution in [2.75, 3.05) is 46.5 Å². The first-order valence-corrected chi connectivity index (χ1v) is 14.6. The molecular formula is C32H37N5O7. The van der Waals surface area contributed by atoms with Gasteiger partial charge in [0.2, 0.25) is 0 Å². The van der Waals surface area contributed by atoms with E-state index >= 15 is 0 Å². The van der Waals surface area contributed by atoms with Crippen molar-refractivity contribution in [2.45, 2.75) is 32.1 Å². The maximum absolute atomic E-state index is 13.4. The highest BCUT2D eigenvalue weighted by Crippen LogP contribution is 2.29. The lowest BCUT2D eigenvalue weighted by Gasteiger charge is -2.38. The van der Waals surface area contributed by atoms with Crippen LogP contribution in [0.15, 0.2) is 60.8 Å². The van der Waals surface area contributed by atoms with Gasteiger partial charge < -0.3 is 39.8 Å². The molecule has 0 radical (unpaired) electrons. The van der Waals surface area contributed by atoms with Crippen LogP contribution < -0.4 is 25.4 Å². The van der Waals surface area contributed by atoms with Gasteiger partial charge in [-0.2, -0.15) is 0 Å². The molecule has 232 valence electrons. The van der Waals surface area contributed by atoms with Crippen LogP contribution in [0.25, 0.3) is 0 Å². The van der Waals surface area contributed by atoms with E-state index in [9.17, 15) is 14.4 Å². The first kappa shape index (κ1) is 30.8. The van der Waals surface area contributed by atoms with Crippen LogP contribution in [0.1, 0.15) is 38.4 Å². The van der Waals surface area contributed by atoms with E-state index < -0.39 is 6.10 Å². The molecule has 2 aliphatic heterocycles. The Labute approximate surface area is 256 Å². The second-order valence-electron chi connectivity index (χ2n) is 10.6. The van der Waals surface area contributed by atoms with E-state index in [1.807, 2.05) is 31.2 Å². The molecular weight excluding hydrogens is 566 g/mol. The summed E-state index contributed by atoms with van der Waals surface area (Å²) in [5.74, 6) is 0.974. The number of nitrogens with one attached hydrogen (secondary N) is 3. The Morgan fingerprint density at radius 1 is 1.05 bits per heavy atom. The molecule has 3 N–H and O–H groups in total. The van der Waals surface area contributed by atoms with Crippen LogP contribution in [-0.2, 0) is 16.1 Å². The minimum atomic E-state index is -0.470. The lowest BCUT2D eigenvalue weighted by molar-refractivity contribution is -0.0235. The Hall–Kier alpha value is -4.68. The molecule has 1 fully saturated rings. The summed E-state index contributed by atoms with van der Waals surface area (Å²) in [6.07, 6.45) is 1.69. The fourth-order valence-electron chi connectivity index (χ4n) is 5.12. The highest BCUT2D eigenvalue weighted by molar-refractivity contribution is 5.95. The third kappa shape index (κ3) is 8.03. The number of amides is 4. The summed E-state index contributed by atoms with van der Waals surface area (Å²) >= 11 is 0. The predicted molar refractivity (Wildman–Crippen MR) is 161 cm³/mol. The minimum Gasteiger partial charge on any atom is -0.491 e. The number of ether oxygens (including phenoxy) is 4. The molecule has 2 aromatic carbocycles. The van der Waals surface area contributed by atoms with Gasteiger partial charge in [0, 0.05) is 56.8 Å². The lowest BCUT2D eigenvalue weighted by atomic mass is 10.0. The smallest absolute Gasteiger partial charge is 0.315 e. The van der Waals surface area contributed by atoms with Crippen molar-refractivity contribution in [2.24, 2.45) is 0 Å². The zero-order valence-electron chi connectivity index (χ0n) is 24.8. The molecule has 4 bridgehead atoms. The third-order valence-corrected chi connectivity index (χ3v) is 7.39. The highest BCUT2D eigenvalue weighted by Gasteiger charge is 2.34. The highest BCUT2D eigenvalue weighted by atomic mass is 16.5. The summed E-state index contributed by atoms with van der Waals surface area (Å²) < 4.78 is 23.3. The Bertz CT molecular complexity index is 1480. The molecule has 3 aromatic rings. The van der Waals surface area contributed by atoms with Gasteiger partial charge in [0.25, 0.3) is 11.8 Å². The molecule has 3 heterocycles. The summed E-state index contributed by atoms with van der Waals surface area (Å²) in [4.78, 5) is 45.2. The van der Waals surface area contributed by atoms with Gasteiger partial charge in [0.15, 0.2) is 0 Å². The van der Waals surface area contributed by atoms with Crippen molar-refractivity contribution in [3.05, 3.63) is 83.2 Å². The monoisotopic (exact) mass is 603 g/mol. The van der Waals surface area contributed by atoms with Crippen molar-refractivity contribution in [1.82, 2.24) is 25.8 Å². The molecule has 12 nitrogen and oxygen atoms in total. The molecule has 0 aliphatic carbocycles. The van der Waals surface area contributed by atoms with Gasteiger partial charge in [-0.15, -0.1) is 0 Å².